The number of benzene rings is 1. The number of carbonyl (C=O) groups excluding carboxylic acids is 1. The van der Waals surface area contributed by atoms with Crippen LogP contribution in [0, 0.1) is 0 Å². The van der Waals surface area contributed by atoms with Crippen LogP contribution in [0.3, 0.4) is 0 Å². The van der Waals surface area contributed by atoms with Crippen LogP contribution in [0.5, 0.6) is 11.5 Å². The van der Waals surface area contributed by atoms with Gasteiger partial charge in [0.25, 0.3) is 0 Å². The van der Waals surface area contributed by atoms with Crippen molar-refractivity contribution < 1.29 is 19.0 Å². The second-order valence-electron chi connectivity index (χ2n) is 3.28. The quantitative estimate of drug-likeness (QED) is 0.564. The fraction of sp³-hybridized carbons (Fsp3) is 0.417. The molecule has 0 amide bonds. The molecule has 0 saturated heterocycles. The molecule has 0 unspecified atom stereocenters. The van der Waals surface area contributed by atoms with Crippen LogP contribution < -0.4 is 14.8 Å². The molecule has 1 N–H and O–H groups in total. The van der Waals surface area contributed by atoms with Crippen molar-refractivity contribution in [2.24, 2.45) is 0 Å². The lowest BCUT2D eigenvalue weighted by Gasteiger charge is -2.07. The Hall–Kier alpha value is -1.75. The maximum Gasteiger partial charge on any atom is 0.319 e. The van der Waals surface area contributed by atoms with Gasteiger partial charge in [-0.05, 0) is 24.3 Å². The fourth-order valence-electron chi connectivity index (χ4n) is 1.18. The second kappa shape index (κ2) is 7.51. The van der Waals surface area contributed by atoms with Gasteiger partial charge in [-0.15, -0.1) is 0 Å². The Morgan fingerprint density at radius 3 is 2.41 bits per heavy atom. The SMILES string of the molecule is COC(=O)CNCCOc1ccc(OC)cc1. The van der Waals surface area contributed by atoms with Gasteiger partial charge in [0.15, 0.2) is 0 Å². The van der Waals surface area contributed by atoms with E-state index >= 15 is 0 Å². The average Bonchev–Trinajstić information content (AvgIpc) is 2.38. The number of methoxy groups -OCH3 is 2. The van der Waals surface area contributed by atoms with Gasteiger partial charge in [0.1, 0.15) is 18.1 Å². The summed E-state index contributed by atoms with van der Waals surface area (Å²) >= 11 is 0. The molecule has 0 aromatic heterocycles. The highest BCUT2D eigenvalue weighted by Gasteiger charge is 1.98. The number of hydrogen-bond acceptors (Lipinski definition) is 5. The van der Waals surface area contributed by atoms with Crippen molar-refractivity contribution in [1.82, 2.24) is 5.32 Å². The number of rotatable bonds is 7. The first kappa shape index (κ1) is 13.3. The number of ether oxygens (including phenoxy) is 3. The van der Waals surface area contributed by atoms with E-state index in [9.17, 15) is 4.79 Å². The highest BCUT2D eigenvalue weighted by Crippen LogP contribution is 2.16. The molecule has 17 heavy (non-hydrogen) atoms. The maximum atomic E-state index is 10.8. The van der Waals surface area contributed by atoms with Gasteiger partial charge >= 0.3 is 5.97 Å². The molecule has 0 atom stereocenters. The summed E-state index contributed by atoms with van der Waals surface area (Å²) < 4.78 is 15.0. The number of esters is 1. The van der Waals surface area contributed by atoms with Crippen molar-refractivity contribution in [3.8, 4) is 11.5 Å². The predicted octanol–water partition coefficient (Wildman–Crippen LogP) is 0.837. The molecule has 0 fully saturated rings. The van der Waals surface area contributed by atoms with Crippen LogP contribution in [0.4, 0.5) is 0 Å². The normalized spacial score (nSPS) is 9.76. The summed E-state index contributed by atoms with van der Waals surface area (Å²) in [6.07, 6.45) is 0. The van der Waals surface area contributed by atoms with Crippen LogP contribution in [0.25, 0.3) is 0 Å². The lowest BCUT2D eigenvalue weighted by Crippen LogP contribution is -2.27. The van der Waals surface area contributed by atoms with Gasteiger partial charge in [0, 0.05) is 6.54 Å². The largest absolute Gasteiger partial charge is 0.497 e. The fourth-order valence-corrected chi connectivity index (χ4v) is 1.18. The molecule has 0 aliphatic rings. The van der Waals surface area contributed by atoms with Gasteiger partial charge in [-0.25, -0.2) is 0 Å². The summed E-state index contributed by atoms with van der Waals surface area (Å²) in [5, 5.41) is 2.90. The zero-order valence-corrected chi connectivity index (χ0v) is 10.1. The van der Waals surface area contributed by atoms with Crippen molar-refractivity contribution in [3.05, 3.63) is 24.3 Å². The van der Waals surface area contributed by atoms with Gasteiger partial charge in [0.05, 0.1) is 20.8 Å². The van der Waals surface area contributed by atoms with E-state index in [1.54, 1.807) is 7.11 Å². The number of hydrogen-bond donors (Lipinski definition) is 1. The Morgan fingerprint density at radius 2 is 1.82 bits per heavy atom. The van der Waals surface area contributed by atoms with Gasteiger partial charge < -0.3 is 19.5 Å². The van der Waals surface area contributed by atoms with E-state index in [-0.39, 0.29) is 12.5 Å². The van der Waals surface area contributed by atoms with E-state index in [1.165, 1.54) is 7.11 Å². The van der Waals surface area contributed by atoms with E-state index in [0.29, 0.717) is 13.2 Å². The Kier molecular flexibility index (Phi) is 5.88. The zero-order chi connectivity index (χ0) is 12.5. The molecule has 0 bridgehead atoms. The van der Waals surface area contributed by atoms with E-state index in [4.69, 9.17) is 9.47 Å². The minimum atomic E-state index is -0.283. The molecular formula is C12H17NO4. The molecule has 0 heterocycles. The molecule has 0 radical (unpaired) electrons. The van der Waals surface area contributed by atoms with Crippen molar-refractivity contribution >= 4 is 5.97 Å². The van der Waals surface area contributed by atoms with Crippen LogP contribution in [0.15, 0.2) is 24.3 Å². The molecule has 0 aliphatic heterocycles. The topological polar surface area (TPSA) is 56.8 Å². The van der Waals surface area contributed by atoms with E-state index in [1.807, 2.05) is 24.3 Å². The van der Waals surface area contributed by atoms with Gasteiger partial charge in [0.2, 0.25) is 0 Å². The lowest BCUT2D eigenvalue weighted by molar-refractivity contribution is -0.139. The van der Waals surface area contributed by atoms with Crippen molar-refractivity contribution in [1.29, 1.82) is 0 Å². The number of nitrogens with one attached hydrogen (secondary N) is 1. The summed E-state index contributed by atoms with van der Waals surface area (Å²) in [5.41, 5.74) is 0. The first-order valence-corrected chi connectivity index (χ1v) is 5.30. The summed E-state index contributed by atoms with van der Waals surface area (Å²) in [5.74, 6) is 1.28. The zero-order valence-electron chi connectivity index (χ0n) is 10.1. The third kappa shape index (κ3) is 5.21. The molecule has 1 aromatic rings. The third-order valence-corrected chi connectivity index (χ3v) is 2.10. The summed E-state index contributed by atoms with van der Waals surface area (Å²) in [6.45, 7) is 1.27. The smallest absolute Gasteiger partial charge is 0.319 e. The summed E-state index contributed by atoms with van der Waals surface area (Å²) in [7, 11) is 2.98. The summed E-state index contributed by atoms with van der Waals surface area (Å²) in [6, 6.07) is 7.33. The molecular weight excluding hydrogens is 222 g/mol. The molecule has 5 nitrogen and oxygen atoms in total. The monoisotopic (exact) mass is 239 g/mol. The highest BCUT2D eigenvalue weighted by atomic mass is 16.5. The third-order valence-electron chi connectivity index (χ3n) is 2.10. The van der Waals surface area contributed by atoms with Crippen LogP contribution >= 0.6 is 0 Å². The van der Waals surface area contributed by atoms with E-state index in [0.717, 1.165) is 11.5 Å². The Balaban J connectivity index is 2.15. The van der Waals surface area contributed by atoms with Crippen molar-refractivity contribution in [2.45, 2.75) is 0 Å². The Bertz CT molecular complexity index is 337. The predicted molar refractivity (Wildman–Crippen MR) is 63.4 cm³/mol. The molecule has 1 aromatic carbocycles. The van der Waals surface area contributed by atoms with Crippen molar-refractivity contribution in [3.63, 3.8) is 0 Å². The first-order valence-electron chi connectivity index (χ1n) is 5.30. The van der Waals surface area contributed by atoms with Gasteiger partial charge in [-0.3, -0.25) is 4.79 Å². The molecule has 5 heteroatoms. The minimum absolute atomic E-state index is 0.197. The Labute approximate surface area is 101 Å². The first-order chi connectivity index (χ1) is 8.26. The standard InChI is InChI=1S/C12H17NO4/c1-15-10-3-5-11(6-4-10)17-8-7-13-9-12(14)16-2/h3-6,13H,7-9H2,1-2H3. The summed E-state index contributed by atoms with van der Waals surface area (Å²) in [4.78, 5) is 10.8. The second-order valence-corrected chi connectivity index (χ2v) is 3.28. The van der Waals surface area contributed by atoms with Crippen molar-refractivity contribution in [2.75, 3.05) is 33.9 Å². The van der Waals surface area contributed by atoms with Crippen LogP contribution in [-0.2, 0) is 9.53 Å². The van der Waals surface area contributed by atoms with E-state index in [2.05, 4.69) is 10.1 Å². The van der Waals surface area contributed by atoms with Crippen LogP contribution in [0.1, 0.15) is 0 Å². The van der Waals surface area contributed by atoms with Crippen LogP contribution in [-0.4, -0.2) is 39.9 Å². The average molecular weight is 239 g/mol. The highest BCUT2D eigenvalue weighted by molar-refractivity contribution is 5.71. The molecule has 94 valence electrons. The minimum Gasteiger partial charge on any atom is -0.497 e. The van der Waals surface area contributed by atoms with Gasteiger partial charge in [-0.2, -0.15) is 0 Å². The lowest BCUT2D eigenvalue weighted by atomic mass is 10.3. The molecule has 0 aliphatic carbocycles. The van der Waals surface area contributed by atoms with Crippen LogP contribution in [0.2, 0.25) is 0 Å². The number of carbonyl (C=O) groups is 1. The molecule has 0 saturated carbocycles. The molecule has 1 rings (SSSR count). The van der Waals surface area contributed by atoms with Gasteiger partial charge in [-0.1, -0.05) is 0 Å². The van der Waals surface area contributed by atoms with E-state index < -0.39 is 0 Å². The maximum absolute atomic E-state index is 10.8. The molecule has 0 spiro atoms. The Morgan fingerprint density at radius 1 is 1.18 bits per heavy atom.